The maximum absolute atomic E-state index is 12.8. The molecule has 0 saturated carbocycles. The number of hydrogen-bond acceptors (Lipinski definition) is 4. The summed E-state index contributed by atoms with van der Waals surface area (Å²) in [6.45, 7) is 5.55. The van der Waals surface area contributed by atoms with Gasteiger partial charge in [-0.2, -0.15) is 0 Å². The van der Waals surface area contributed by atoms with Gasteiger partial charge in [-0.15, -0.1) is 0 Å². The minimum absolute atomic E-state index is 0.230. The highest BCUT2D eigenvalue weighted by Crippen LogP contribution is 2.34. The van der Waals surface area contributed by atoms with E-state index in [0.29, 0.717) is 4.91 Å². The van der Waals surface area contributed by atoms with Gasteiger partial charge in [0.1, 0.15) is 12.4 Å². The zero-order chi connectivity index (χ0) is 21.1. The summed E-state index contributed by atoms with van der Waals surface area (Å²) in [5.41, 5.74) is 3.25. The van der Waals surface area contributed by atoms with Crippen molar-refractivity contribution >= 4 is 39.9 Å². The first-order valence-corrected chi connectivity index (χ1v) is 10.9. The van der Waals surface area contributed by atoms with Crippen molar-refractivity contribution in [3.63, 3.8) is 0 Å². The quantitative estimate of drug-likeness (QED) is 0.475. The van der Waals surface area contributed by atoms with Gasteiger partial charge in [0.15, 0.2) is 0 Å². The Balaban J connectivity index is 1.49. The lowest BCUT2D eigenvalue weighted by Crippen LogP contribution is -2.32. The molecule has 0 unspecified atom stereocenters. The molecule has 1 fully saturated rings. The second-order valence-electron chi connectivity index (χ2n) is 7.29. The predicted molar refractivity (Wildman–Crippen MR) is 122 cm³/mol. The van der Waals surface area contributed by atoms with Crippen LogP contribution < -0.4 is 4.74 Å². The Hall–Kier alpha value is -2.99. The molecule has 2 heterocycles. The van der Waals surface area contributed by atoms with Gasteiger partial charge in [0.25, 0.3) is 11.1 Å². The van der Waals surface area contributed by atoms with Crippen molar-refractivity contribution in [1.29, 1.82) is 0 Å². The van der Waals surface area contributed by atoms with Crippen LogP contribution in [0.1, 0.15) is 24.5 Å². The molecule has 0 atom stereocenters. The summed E-state index contributed by atoms with van der Waals surface area (Å²) in [6.07, 6.45) is 4.92. The number of carbonyl (C=O) groups excluding carboxylic acids is 2. The molecule has 0 bridgehead atoms. The Morgan fingerprint density at radius 1 is 1.03 bits per heavy atom. The number of fused-ring (bicyclic) bond motifs is 1. The molecule has 6 heteroatoms. The predicted octanol–water partition coefficient (Wildman–Crippen LogP) is 5.48. The number of rotatable bonds is 7. The molecule has 0 N–H and O–H groups in total. The number of aryl methyl sites for hydroxylation is 2. The number of nitrogens with zero attached hydrogens (tertiary/aromatic N) is 2. The van der Waals surface area contributed by atoms with Crippen LogP contribution in [0.5, 0.6) is 5.75 Å². The van der Waals surface area contributed by atoms with E-state index < -0.39 is 0 Å². The number of carbonyl (C=O) groups is 2. The van der Waals surface area contributed by atoms with Gasteiger partial charge in [-0.05, 0) is 49.4 Å². The Labute approximate surface area is 180 Å². The third-order valence-corrected chi connectivity index (χ3v) is 5.96. The molecule has 30 heavy (non-hydrogen) atoms. The molecule has 2 aromatic carbocycles. The lowest BCUT2D eigenvalue weighted by Gasteiger charge is -2.13. The van der Waals surface area contributed by atoms with E-state index in [1.807, 2.05) is 55.5 Å². The summed E-state index contributed by atoms with van der Waals surface area (Å²) in [7, 11) is 0. The van der Waals surface area contributed by atoms with E-state index >= 15 is 0 Å². The Morgan fingerprint density at radius 3 is 2.57 bits per heavy atom. The first kappa shape index (κ1) is 20.3. The Morgan fingerprint density at radius 2 is 1.80 bits per heavy atom. The van der Waals surface area contributed by atoms with Crippen LogP contribution in [-0.4, -0.2) is 33.8 Å². The highest BCUT2D eigenvalue weighted by molar-refractivity contribution is 8.18. The zero-order valence-electron chi connectivity index (χ0n) is 17.1. The fourth-order valence-electron chi connectivity index (χ4n) is 3.54. The van der Waals surface area contributed by atoms with Crippen LogP contribution in [0.4, 0.5) is 4.79 Å². The number of imide groups is 1. The number of aromatic nitrogens is 1. The van der Waals surface area contributed by atoms with Crippen LogP contribution in [0.15, 0.2) is 59.6 Å². The second-order valence-corrected chi connectivity index (χ2v) is 8.28. The number of amides is 2. The average Bonchev–Trinajstić information content (AvgIpc) is 3.22. The molecule has 2 amide bonds. The van der Waals surface area contributed by atoms with E-state index in [0.717, 1.165) is 52.5 Å². The van der Waals surface area contributed by atoms with Gasteiger partial charge in [0.2, 0.25) is 0 Å². The monoisotopic (exact) mass is 420 g/mol. The van der Waals surface area contributed by atoms with Gasteiger partial charge in [-0.3, -0.25) is 14.5 Å². The summed E-state index contributed by atoms with van der Waals surface area (Å²) in [4.78, 5) is 27.0. The highest BCUT2D eigenvalue weighted by atomic mass is 32.2. The lowest BCUT2D eigenvalue weighted by molar-refractivity contribution is -0.123. The number of ether oxygens (including phenoxy) is 1. The molecule has 3 aromatic rings. The molecule has 1 aliphatic rings. The molecule has 1 saturated heterocycles. The van der Waals surface area contributed by atoms with Crippen molar-refractivity contribution in [1.82, 2.24) is 9.47 Å². The zero-order valence-corrected chi connectivity index (χ0v) is 17.9. The van der Waals surface area contributed by atoms with Gasteiger partial charge in [0.05, 0.1) is 11.4 Å². The smallest absolute Gasteiger partial charge is 0.293 e. The normalized spacial score (nSPS) is 15.5. The molecule has 1 aliphatic heterocycles. The summed E-state index contributed by atoms with van der Waals surface area (Å²) in [6, 6.07) is 15.8. The van der Waals surface area contributed by atoms with Crippen LogP contribution in [0.2, 0.25) is 0 Å². The standard InChI is InChI=1S/C24H24N2O3S/c1-3-12-25-16-18(20-6-4-5-7-21(20)25)15-22-23(27)26(24(28)30-22)13-14-29-19-10-8-17(2)9-11-19/h4-11,15-16H,3,12-14H2,1-2H3/b22-15-. The maximum atomic E-state index is 12.8. The van der Waals surface area contributed by atoms with Gasteiger partial charge in [-0.1, -0.05) is 42.8 Å². The molecule has 154 valence electrons. The molecular formula is C24H24N2O3S. The van der Waals surface area contributed by atoms with Crippen molar-refractivity contribution in [2.24, 2.45) is 0 Å². The van der Waals surface area contributed by atoms with Crippen LogP contribution in [0.3, 0.4) is 0 Å². The van der Waals surface area contributed by atoms with Crippen LogP contribution in [-0.2, 0) is 11.3 Å². The Bertz CT molecular complexity index is 1120. The number of para-hydroxylation sites is 1. The molecule has 0 spiro atoms. The van der Waals surface area contributed by atoms with E-state index in [1.54, 1.807) is 0 Å². The summed E-state index contributed by atoms with van der Waals surface area (Å²) >= 11 is 0.990. The largest absolute Gasteiger partial charge is 0.492 e. The van der Waals surface area contributed by atoms with Crippen LogP contribution in [0, 0.1) is 6.92 Å². The second kappa shape index (κ2) is 8.79. The van der Waals surface area contributed by atoms with Gasteiger partial charge < -0.3 is 9.30 Å². The summed E-state index contributed by atoms with van der Waals surface area (Å²) in [5, 5.41) is 0.830. The lowest BCUT2D eigenvalue weighted by atomic mass is 10.1. The van der Waals surface area contributed by atoms with Crippen LogP contribution >= 0.6 is 11.8 Å². The van der Waals surface area contributed by atoms with Crippen molar-refractivity contribution in [2.45, 2.75) is 26.8 Å². The van der Waals surface area contributed by atoms with Crippen molar-refractivity contribution in [3.8, 4) is 5.75 Å². The van der Waals surface area contributed by atoms with E-state index in [2.05, 4.69) is 23.8 Å². The summed E-state index contributed by atoms with van der Waals surface area (Å²) in [5.74, 6) is 0.469. The SMILES string of the molecule is CCCn1cc(/C=C2\SC(=O)N(CCOc3ccc(C)cc3)C2=O)c2ccccc21. The third-order valence-electron chi connectivity index (χ3n) is 5.05. The molecule has 0 aliphatic carbocycles. The van der Waals surface area contributed by atoms with E-state index in [4.69, 9.17) is 4.74 Å². The first-order valence-electron chi connectivity index (χ1n) is 10.1. The fraction of sp³-hybridized carbons (Fsp3) is 0.250. The molecule has 4 rings (SSSR count). The molecular weight excluding hydrogens is 396 g/mol. The first-order chi connectivity index (χ1) is 14.6. The van der Waals surface area contributed by atoms with Crippen molar-refractivity contribution < 1.29 is 14.3 Å². The molecule has 0 radical (unpaired) electrons. The maximum Gasteiger partial charge on any atom is 0.293 e. The molecule has 5 nitrogen and oxygen atoms in total. The highest BCUT2D eigenvalue weighted by Gasteiger charge is 2.35. The van der Waals surface area contributed by atoms with Crippen LogP contribution in [0.25, 0.3) is 17.0 Å². The van der Waals surface area contributed by atoms with E-state index in [-0.39, 0.29) is 24.3 Å². The minimum Gasteiger partial charge on any atom is -0.492 e. The van der Waals surface area contributed by atoms with Gasteiger partial charge >= 0.3 is 0 Å². The van der Waals surface area contributed by atoms with E-state index in [9.17, 15) is 9.59 Å². The van der Waals surface area contributed by atoms with Gasteiger partial charge in [-0.25, -0.2) is 0 Å². The molecule has 1 aromatic heterocycles. The number of hydrogen-bond donors (Lipinski definition) is 0. The minimum atomic E-state index is -0.259. The Kier molecular flexibility index (Phi) is 5.95. The van der Waals surface area contributed by atoms with Crippen molar-refractivity contribution in [2.75, 3.05) is 13.2 Å². The van der Waals surface area contributed by atoms with Crippen molar-refractivity contribution in [3.05, 3.63) is 70.8 Å². The third kappa shape index (κ3) is 4.14. The fourth-order valence-corrected chi connectivity index (χ4v) is 4.40. The number of thioether (sulfide) groups is 1. The number of benzene rings is 2. The van der Waals surface area contributed by atoms with Gasteiger partial charge in [0, 0.05) is 29.2 Å². The average molecular weight is 421 g/mol. The summed E-state index contributed by atoms with van der Waals surface area (Å²) < 4.78 is 7.88. The van der Waals surface area contributed by atoms with E-state index in [1.165, 1.54) is 4.90 Å². The topological polar surface area (TPSA) is 51.5 Å².